The smallest absolute Gasteiger partial charge is 0.0608 e. The van der Waals surface area contributed by atoms with Crippen LogP contribution in [0.5, 0.6) is 0 Å². The molecule has 0 radical (unpaired) electrons. The van der Waals surface area contributed by atoms with Crippen LogP contribution in [0.15, 0.2) is 24.3 Å². The summed E-state index contributed by atoms with van der Waals surface area (Å²) >= 11 is 0. The van der Waals surface area contributed by atoms with Crippen molar-refractivity contribution < 1.29 is 5.11 Å². The van der Waals surface area contributed by atoms with E-state index in [1.165, 1.54) is 5.56 Å². The fourth-order valence-electron chi connectivity index (χ4n) is 2.06. The SMILES string of the molecule is CC(O)C1(c2ccc(CN)cc2)CC1. The predicted molar refractivity (Wildman–Crippen MR) is 56.9 cm³/mol. The van der Waals surface area contributed by atoms with Crippen LogP contribution < -0.4 is 5.73 Å². The standard InChI is InChI=1S/C12H17NO/c1-9(14)12(6-7-12)11-4-2-10(8-13)3-5-11/h2-5,9,14H,6-8,13H2,1H3. The summed E-state index contributed by atoms with van der Waals surface area (Å²) in [6, 6.07) is 8.30. The summed E-state index contributed by atoms with van der Waals surface area (Å²) in [5.41, 5.74) is 7.99. The molecule has 1 aromatic rings. The highest BCUT2D eigenvalue weighted by atomic mass is 16.3. The van der Waals surface area contributed by atoms with Crippen LogP contribution in [0.25, 0.3) is 0 Å². The van der Waals surface area contributed by atoms with Crippen molar-refractivity contribution in [2.24, 2.45) is 5.73 Å². The molecule has 0 bridgehead atoms. The maximum absolute atomic E-state index is 9.70. The highest BCUT2D eigenvalue weighted by Gasteiger charge is 2.48. The maximum atomic E-state index is 9.70. The molecule has 0 heterocycles. The molecule has 1 fully saturated rings. The number of hydrogen-bond acceptors (Lipinski definition) is 2. The molecule has 1 aromatic carbocycles. The normalized spacial score (nSPS) is 20.5. The number of aliphatic hydroxyl groups is 1. The molecule has 1 aliphatic rings. The Hall–Kier alpha value is -0.860. The lowest BCUT2D eigenvalue weighted by Crippen LogP contribution is -2.22. The van der Waals surface area contributed by atoms with Gasteiger partial charge in [-0.1, -0.05) is 24.3 Å². The van der Waals surface area contributed by atoms with E-state index in [1.54, 1.807) is 0 Å². The number of aliphatic hydroxyl groups excluding tert-OH is 1. The van der Waals surface area contributed by atoms with Crippen molar-refractivity contribution in [3.63, 3.8) is 0 Å². The van der Waals surface area contributed by atoms with Gasteiger partial charge in [0.05, 0.1) is 6.10 Å². The zero-order valence-electron chi connectivity index (χ0n) is 8.53. The lowest BCUT2D eigenvalue weighted by atomic mass is 9.90. The Bertz CT molecular complexity index is 312. The third-order valence-corrected chi connectivity index (χ3v) is 3.35. The number of nitrogens with two attached hydrogens (primary N) is 1. The highest BCUT2D eigenvalue weighted by molar-refractivity contribution is 5.35. The molecule has 1 unspecified atom stereocenters. The van der Waals surface area contributed by atoms with E-state index < -0.39 is 0 Å². The Balaban J connectivity index is 2.25. The van der Waals surface area contributed by atoms with Gasteiger partial charge in [-0.15, -0.1) is 0 Å². The van der Waals surface area contributed by atoms with Crippen molar-refractivity contribution >= 4 is 0 Å². The van der Waals surface area contributed by atoms with Gasteiger partial charge in [0, 0.05) is 12.0 Å². The van der Waals surface area contributed by atoms with Crippen LogP contribution in [0.3, 0.4) is 0 Å². The molecule has 0 aliphatic heterocycles. The average Bonchev–Trinajstić information content (AvgIpc) is 2.99. The molecule has 2 heteroatoms. The summed E-state index contributed by atoms with van der Waals surface area (Å²) in [5.74, 6) is 0. The van der Waals surface area contributed by atoms with E-state index in [9.17, 15) is 5.11 Å². The third-order valence-electron chi connectivity index (χ3n) is 3.35. The van der Waals surface area contributed by atoms with Gasteiger partial charge in [-0.25, -0.2) is 0 Å². The van der Waals surface area contributed by atoms with Gasteiger partial charge in [0.25, 0.3) is 0 Å². The summed E-state index contributed by atoms with van der Waals surface area (Å²) in [7, 11) is 0. The number of hydrogen-bond donors (Lipinski definition) is 2. The molecule has 1 atom stereocenters. The monoisotopic (exact) mass is 191 g/mol. The molecular formula is C12H17NO. The van der Waals surface area contributed by atoms with E-state index in [2.05, 4.69) is 24.3 Å². The van der Waals surface area contributed by atoms with E-state index in [1.807, 2.05) is 6.92 Å². The first-order chi connectivity index (χ1) is 6.69. The second kappa shape index (κ2) is 3.37. The van der Waals surface area contributed by atoms with Crippen LogP contribution in [0, 0.1) is 0 Å². The zero-order chi connectivity index (χ0) is 10.2. The number of benzene rings is 1. The van der Waals surface area contributed by atoms with Gasteiger partial charge in [0.2, 0.25) is 0 Å². The van der Waals surface area contributed by atoms with Crippen LogP contribution >= 0.6 is 0 Å². The summed E-state index contributed by atoms with van der Waals surface area (Å²) in [6.07, 6.45) is 1.96. The van der Waals surface area contributed by atoms with Gasteiger partial charge in [-0.05, 0) is 30.9 Å². The van der Waals surface area contributed by atoms with Crippen molar-refractivity contribution in [2.45, 2.75) is 37.8 Å². The molecule has 0 spiro atoms. The lowest BCUT2D eigenvalue weighted by molar-refractivity contribution is 0.150. The maximum Gasteiger partial charge on any atom is 0.0608 e. The summed E-state index contributed by atoms with van der Waals surface area (Å²) in [5, 5.41) is 9.70. The quantitative estimate of drug-likeness (QED) is 0.761. The molecule has 0 saturated heterocycles. The Morgan fingerprint density at radius 2 is 1.93 bits per heavy atom. The highest BCUT2D eigenvalue weighted by Crippen LogP contribution is 2.50. The minimum atomic E-state index is -0.244. The molecule has 1 saturated carbocycles. The largest absolute Gasteiger partial charge is 0.392 e. The van der Waals surface area contributed by atoms with Gasteiger partial charge >= 0.3 is 0 Å². The van der Waals surface area contributed by atoms with Crippen molar-refractivity contribution in [3.8, 4) is 0 Å². The van der Waals surface area contributed by atoms with Crippen molar-refractivity contribution in [3.05, 3.63) is 35.4 Å². The fourth-order valence-corrected chi connectivity index (χ4v) is 2.06. The molecule has 76 valence electrons. The Labute approximate surface area is 84.7 Å². The first-order valence-corrected chi connectivity index (χ1v) is 5.16. The molecular weight excluding hydrogens is 174 g/mol. The van der Waals surface area contributed by atoms with Crippen LogP contribution in [-0.2, 0) is 12.0 Å². The van der Waals surface area contributed by atoms with Crippen molar-refractivity contribution in [2.75, 3.05) is 0 Å². The molecule has 14 heavy (non-hydrogen) atoms. The second-order valence-corrected chi connectivity index (χ2v) is 4.23. The Morgan fingerprint density at radius 1 is 1.36 bits per heavy atom. The molecule has 2 nitrogen and oxygen atoms in total. The average molecular weight is 191 g/mol. The molecule has 0 aromatic heterocycles. The van der Waals surface area contributed by atoms with Crippen LogP contribution in [0.4, 0.5) is 0 Å². The second-order valence-electron chi connectivity index (χ2n) is 4.23. The van der Waals surface area contributed by atoms with Crippen LogP contribution in [0.2, 0.25) is 0 Å². The van der Waals surface area contributed by atoms with Gasteiger partial charge in [0.1, 0.15) is 0 Å². The topological polar surface area (TPSA) is 46.2 Å². The van der Waals surface area contributed by atoms with Crippen LogP contribution in [-0.4, -0.2) is 11.2 Å². The van der Waals surface area contributed by atoms with E-state index in [4.69, 9.17) is 5.73 Å². The van der Waals surface area contributed by atoms with Crippen LogP contribution in [0.1, 0.15) is 30.9 Å². The van der Waals surface area contributed by atoms with Crippen molar-refractivity contribution in [1.29, 1.82) is 0 Å². The third kappa shape index (κ3) is 1.45. The molecule has 0 amide bonds. The number of rotatable bonds is 3. The van der Waals surface area contributed by atoms with E-state index >= 15 is 0 Å². The van der Waals surface area contributed by atoms with Crippen molar-refractivity contribution in [1.82, 2.24) is 0 Å². The first kappa shape index (κ1) is 9.69. The lowest BCUT2D eigenvalue weighted by Gasteiger charge is -2.19. The molecule has 3 N–H and O–H groups in total. The summed E-state index contributed by atoms with van der Waals surface area (Å²) < 4.78 is 0. The molecule has 2 rings (SSSR count). The van der Waals surface area contributed by atoms with Gasteiger partial charge in [-0.3, -0.25) is 0 Å². The van der Waals surface area contributed by atoms with E-state index in [0.717, 1.165) is 18.4 Å². The molecule has 1 aliphatic carbocycles. The van der Waals surface area contributed by atoms with E-state index in [-0.39, 0.29) is 11.5 Å². The predicted octanol–water partition coefficient (Wildman–Crippen LogP) is 1.56. The Morgan fingerprint density at radius 3 is 2.29 bits per heavy atom. The van der Waals surface area contributed by atoms with Gasteiger partial charge in [-0.2, -0.15) is 0 Å². The minimum Gasteiger partial charge on any atom is -0.392 e. The summed E-state index contributed by atoms with van der Waals surface area (Å²) in [6.45, 7) is 2.46. The fraction of sp³-hybridized carbons (Fsp3) is 0.500. The first-order valence-electron chi connectivity index (χ1n) is 5.16. The van der Waals surface area contributed by atoms with Gasteiger partial charge in [0.15, 0.2) is 0 Å². The zero-order valence-corrected chi connectivity index (χ0v) is 8.53. The minimum absolute atomic E-state index is 0.0487. The summed E-state index contributed by atoms with van der Waals surface area (Å²) in [4.78, 5) is 0. The van der Waals surface area contributed by atoms with Gasteiger partial charge < -0.3 is 10.8 Å². The Kier molecular flexibility index (Phi) is 2.33. The van der Waals surface area contributed by atoms with E-state index in [0.29, 0.717) is 6.54 Å².